The molecule has 0 heterocycles. The molecule has 2 aromatic carbocycles. The molecule has 0 aliphatic carbocycles. The molecular weight excluding hydrogens is 264 g/mol. The Balaban J connectivity index is 0.000000464. The summed E-state index contributed by atoms with van der Waals surface area (Å²) in [5.41, 5.74) is 2.83. The van der Waals surface area contributed by atoms with Crippen molar-refractivity contribution in [1.82, 2.24) is 0 Å². The highest BCUT2D eigenvalue weighted by Crippen LogP contribution is 2.06. The van der Waals surface area contributed by atoms with Crippen molar-refractivity contribution in [3.63, 3.8) is 0 Å². The fourth-order valence-corrected chi connectivity index (χ4v) is 1.58. The van der Waals surface area contributed by atoms with Gasteiger partial charge < -0.3 is 0 Å². The van der Waals surface area contributed by atoms with Crippen LogP contribution in [-0.2, 0) is 12.8 Å². The van der Waals surface area contributed by atoms with Gasteiger partial charge in [-0.2, -0.15) is 0 Å². The Morgan fingerprint density at radius 1 is 0.455 bits per heavy atom. The highest BCUT2D eigenvalue weighted by molar-refractivity contribution is 5.19. The zero-order valence-electron chi connectivity index (χ0n) is 15.0. The lowest BCUT2D eigenvalue weighted by atomic mass is 10.0. The smallest absolute Gasteiger partial charge is 0.0238 e. The van der Waals surface area contributed by atoms with Crippen LogP contribution in [0.15, 0.2) is 60.7 Å². The molecule has 0 aliphatic heterocycles. The SMILES string of the molecule is CCCC.CCCC.c1ccc(CCc2ccccc2)cc1. The van der Waals surface area contributed by atoms with Crippen molar-refractivity contribution in [2.45, 2.75) is 66.2 Å². The standard InChI is InChI=1S/C14H14.2C4H10/c1-3-7-13(8-4-1)11-12-14-9-5-2-6-10-14;2*1-3-4-2/h1-10H,11-12H2;2*3-4H2,1-2H3. The predicted molar refractivity (Wildman–Crippen MR) is 101 cm³/mol. The quantitative estimate of drug-likeness (QED) is 0.553. The van der Waals surface area contributed by atoms with Crippen molar-refractivity contribution in [3.05, 3.63) is 71.8 Å². The largest absolute Gasteiger partial charge is 0.0654 e. The van der Waals surface area contributed by atoms with Crippen LogP contribution in [0.5, 0.6) is 0 Å². The minimum atomic E-state index is 1.13. The highest BCUT2D eigenvalue weighted by Gasteiger charge is 1.93. The molecule has 0 heteroatoms. The Morgan fingerprint density at radius 3 is 0.955 bits per heavy atom. The lowest BCUT2D eigenvalue weighted by Gasteiger charge is -2.01. The van der Waals surface area contributed by atoms with E-state index in [9.17, 15) is 0 Å². The van der Waals surface area contributed by atoms with Gasteiger partial charge in [0.2, 0.25) is 0 Å². The van der Waals surface area contributed by atoms with Gasteiger partial charge in [-0.25, -0.2) is 0 Å². The molecule has 122 valence electrons. The van der Waals surface area contributed by atoms with Gasteiger partial charge in [0.15, 0.2) is 0 Å². The molecule has 0 unspecified atom stereocenters. The summed E-state index contributed by atoms with van der Waals surface area (Å²) in [4.78, 5) is 0. The Bertz CT molecular complexity index is 369. The number of rotatable bonds is 5. The van der Waals surface area contributed by atoms with Crippen molar-refractivity contribution in [2.24, 2.45) is 0 Å². The number of aryl methyl sites for hydroxylation is 2. The maximum absolute atomic E-state index is 2.18. The van der Waals surface area contributed by atoms with E-state index in [1.54, 1.807) is 0 Å². The molecule has 0 N–H and O–H groups in total. The molecule has 0 saturated heterocycles. The predicted octanol–water partition coefficient (Wildman–Crippen LogP) is 7.08. The van der Waals surface area contributed by atoms with E-state index < -0.39 is 0 Å². The fraction of sp³-hybridized carbons (Fsp3) is 0.455. The van der Waals surface area contributed by atoms with Crippen LogP contribution in [0.1, 0.15) is 64.5 Å². The maximum Gasteiger partial charge on any atom is -0.0238 e. The number of hydrogen-bond acceptors (Lipinski definition) is 0. The van der Waals surface area contributed by atoms with Crippen LogP contribution in [0.4, 0.5) is 0 Å². The summed E-state index contributed by atoms with van der Waals surface area (Å²) < 4.78 is 0. The molecule has 0 nitrogen and oxygen atoms in total. The van der Waals surface area contributed by atoms with Crippen LogP contribution >= 0.6 is 0 Å². The molecule has 0 atom stereocenters. The van der Waals surface area contributed by atoms with E-state index in [1.807, 2.05) is 0 Å². The molecule has 2 aromatic rings. The Kier molecular flexibility index (Phi) is 14.7. The second kappa shape index (κ2) is 15.8. The topological polar surface area (TPSA) is 0 Å². The Labute approximate surface area is 138 Å². The summed E-state index contributed by atoms with van der Waals surface area (Å²) in [6, 6.07) is 21.2. The summed E-state index contributed by atoms with van der Waals surface area (Å²) in [7, 11) is 0. The molecule has 0 aliphatic rings. The Hall–Kier alpha value is -1.56. The van der Waals surface area contributed by atoms with Gasteiger partial charge >= 0.3 is 0 Å². The first-order valence-electron chi connectivity index (χ1n) is 8.86. The Morgan fingerprint density at radius 2 is 0.727 bits per heavy atom. The van der Waals surface area contributed by atoms with Crippen molar-refractivity contribution >= 4 is 0 Å². The zero-order valence-corrected chi connectivity index (χ0v) is 15.0. The average Bonchev–Trinajstić information content (AvgIpc) is 2.62. The summed E-state index contributed by atoms with van der Waals surface area (Å²) in [6.45, 7) is 8.72. The lowest BCUT2D eigenvalue weighted by Crippen LogP contribution is -1.89. The van der Waals surface area contributed by atoms with Crippen LogP contribution in [0.3, 0.4) is 0 Å². The molecule has 2 rings (SSSR count). The van der Waals surface area contributed by atoms with E-state index in [1.165, 1.54) is 36.8 Å². The summed E-state index contributed by atoms with van der Waals surface area (Å²) in [5.74, 6) is 0. The average molecular weight is 299 g/mol. The van der Waals surface area contributed by atoms with Gasteiger partial charge in [0, 0.05) is 0 Å². The highest BCUT2D eigenvalue weighted by atomic mass is 14.0. The molecule has 0 aromatic heterocycles. The molecule has 0 fully saturated rings. The monoisotopic (exact) mass is 298 g/mol. The number of hydrogen-bond donors (Lipinski definition) is 0. The number of unbranched alkanes of at least 4 members (excludes halogenated alkanes) is 2. The van der Waals surface area contributed by atoms with Gasteiger partial charge in [0.25, 0.3) is 0 Å². The fourth-order valence-electron chi connectivity index (χ4n) is 1.58. The van der Waals surface area contributed by atoms with Crippen LogP contribution in [0, 0.1) is 0 Å². The van der Waals surface area contributed by atoms with Gasteiger partial charge in [-0.3, -0.25) is 0 Å². The summed E-state index contributed by atoms with van der Waals surface area (Å²) in [6.07, 6.45) is 7.54. The normalized spacial score (nSPS) is 9.09. The first-order valence-corrected chi connectivity index (χ1v) is 8.86. The molecule has 22 heavy (non-hydrogen) atoms. The minimum Gasteiger partial charge on any atom is -0.0654 e. The third kappa shape index (κ3) is 12.2. The van der Waals surface area contributed by atoms with Crippen LogP contribution < -0.4 is 0 Å². The van der Waals surface area contributed by atoms with E-state index in [0.717, 1.165) is 12.8 Å². The first-order chi connectivity index (χ1) is 10.8. The van der Waals surface area contributed by atoms with E-state index in [2.05, 4.69) is 88.4 Å². The van der Waals surface area contributed by atoms with E-state index in [-0.39, 0.29) is 0 Å². The van der Waals surface area contributed by atoms with E-state index in [0.29, 0.717) is 0 Å². The van der Waals surface area contributed by atoms with Crippen LogP contribution in [0.25, 0.3) is 0 Å². The van der Waals surface area contributed by atoms with Gasteiger partial charge in [-0.1, -0.05) is 114 Å². The summed E-state index contributed by atoms with van der Waals surface area (Å²) >= 11 is 0. The molecule has 0 bridgehead atoms. The zero-order chi connectivity index (χ0) is 16.5. The van der Waals surface area contributed by atoms with Gasteiger partial charge in [-0.15, -0.1) is 0 Å². The third-order valence-electron chi connectivity index (χ3n) is 3.39. The summed E-state index contributed by atoms with van der Waals surface area (Å²) in [5, 5.41) is 0. The van der Waals surface area contributed by atoms with Crippen LogP contribution in [-0.4, -0.2) is 0 Å². The van der Waals surface area contributed by atoms with Gasteiger partial charge in [-0.05, 0) is 24.0 Å². The van der Waals surface area contributed by atoms with Gasteiger partial charge in [0.1, 0.15) is 0 Å². The second-order valence-electron chi connectivity index (χ2n) is 5.47. The van der Waals surface area contributed by atoms with E-state index >= 15 is 0 Å². The van der Waals surface area contributed by atoms with Crippen molar-refractivity contribution in [1.29, 1.82) is 0 Å². The minimum absolute atomic E-state index is 1.13. The molecule has 0 saturated carbocycles. The molecule has 0 spiro atoms. The maximum atomic E-state index is 2.18. The van der Waals surface area contributed by atoms with Crippen molar-refractivity contribution in [3.8, 4) is 0 Å². The molecular formula is C22H34. The second-order valence-corrected chi connectivity index (χ2v) is 5.47. The molecule has 0 amide bonds. The number of benzene rings is 2. The third-order valence-corrected chi connectivity index (χ3v) is 3.39. The van der Waals surface area contributed by atoms with Crippen molar-refractivity contribution < 1.29 is 0 Å². The van der Waals surface area contributed by atoms with Gasteiger partial charge in [0.05, 0.1) is 0 Å². The van der Waals surface area contributed by atoms with E-state index in [4.69, 9.17) is 0 Å². The lowest BCUT2D eigenvalue weighted by molar-refractivity contribution is 0.886. The first kappa shape index (κ1) is 20.4. The van der Waals surface area contributed by atoms with Crippen LogP contribution in [0.2, 0.25) is 0 Å². The molecule has 0 radical (unpaired) electrons. The van der Waals surface area contributed by atoms with Crippen molar-refractivity contribution in [2.75, 3.05) is 0 Å².